The van der Waals surface area contributed by atoms with Crippen molar-refractivity contribution in [1.82, 2.24) is 0 Å². The Morgan fingerprint density at radius 3 is 1.80 bits per heavy atom. The van der Waals surface area contributed by atoms with Gasteiger partial charge in [0.15, 0.2) is 5.75 Å². The van der Waals surface area contributed by atoms with Crippen LogP contribution in [-0.4, -0.2) is 23.3 Å². The molecule has 0 aromatic heterocycles. The molecule has 0 aliphatic rings. The van der Waals surface area contributed by atoms with E-state index in [1.165, 1.54) is 7.11 Å². The number of benzene rings is 1. The van der Waals surface area contributed by atoms with Gasteiger partial charge in [0.1, 0.15) is 5.56 Å². The average molecular weight is 352 g/mol. The van der Waals surface area contributed by atoms with E-state index in [0.29, 0.717) is 6.42 Å². The van der Waals surface area contributed by atoms with Crippen LogP contribution in [0.2, 0.25) is 0 Å². The van der Waals surface area contributed by atoms with Gasteiger partial charge in [0, 0.05) is 5.56 Å². The van der Waals surface area contributed by atoms with Gasteiger partial charge in [-0.3, -0.25) is 0 Å². The van der Waals surface area contributed by atoms with Gasteiger partial charge in [-0.05, 0) is 49.7 Å². The number of phenols is 1. The SMILES string of the molecule is CCCCc1c(CCCC)c(OOC)c(O)c(C(=O)O)c1CCCC. The van der Waals surface area contributed by atoms with Crippen LogP contribution in [0.5, 0.6) is 11.5 Å². The van der Waals surface area contributed by atoms with Crippen LogP contribution in [-0.2, 0) is 24.2 Å². The number of hydrogen-bond acceptors (Lipinski definition) is 4. The van der Waals surface area contributed by atoms with Gasteiger partial charge >= 0.3 is 5.97 Å². The fourth-order valence-corrected chi connectivity index (χ4v) is 3.18. The summed E-state index contributed by atoms with van der Waals surface area (Å²) < 4.78 is 0. The fraction of sp³-hybridized carbons (Fsp3) is 0.650. The summed E-state index contributed by atoms with van der Waals surface area (Å²) >= 11 is 0. The number of carboxylic acids is 1. The Morgan fingerprint density at radius 2 is 1.36 bits per heavy atom. The summed E-state index contributed by atoms with van der Waals surface area (Å²) in [5, 5.41) is 20.3. The highest BCUT2D eigenvalue weighted by Gasteiger charge is 2.28. The molecule has 0 heterocycles. The molecule has 0 bridgehead atoms. The summed E-state index contributed by atoms with van der Waals surface area (Å²) in [7, 11) is 1.36. The summed E-state index contributed by atoms with van der Waals surface area (Å²) in [5.41, 5.74) is 2.64. The molecular formula is C20H32O5. The number of rotatable bonds is 12. The molecule has 0 atom stereocenters. The summed E-state index contributed by atoms with van der Waals surface area (Å²) in [6.07, 6.45) is 7.96. The fourth-order valence-electron chi connectivity index (χ4n) is 3.18. The molecule has 0 saturated carbocycles. The zero-order valence-electron chi connectivity index (χ0n) is 16.0. The van der Waals surface area contributed by atoms with Gasteiger partial charge in [-0.2, -0.15) is 4.89 Å². The van der Waals surface area contributed by atoms with Crippen molar-refractivity contribution >= 4 is 5.97 Å². The van der Waals surface area contributed by atoms with Crippen LogP contribution in [0, 0.1) is 0 Å². The predicted molar refractivity (Wildman–Crippen MR) is 98.5 cm³/mol. The lowest BCUT2D eigenvalue weighted by atomic mass is 9.86. The van der Waals surface area contributed by atoms with E-state index in [9.17, 15) is 15.0 Å². The van der Waals surface area contributed by atoms with Crippen molar-refractivity contribution < 1.29 is 24.8 Å². The van der Waals surface area contributed by atoms with E-state index < -0.39 is 5.97 Å². The van der Waals surface area contributed by atoms with Gasteiger partial charge in [0.25, 0.3) is 0 Å². The predicted octanol–water partition coefficient (Wildman–Crippen LogP) is 5.06. The third-order valence-electron chi connectivity index (χ3n) is 4.48. The average Bonchev–Trinajstić information content (AvgIpc) is 2.58. The first kappa shape index (κ1) is 21.3. The Morgan fingerprint density at radius 1 is 0.880 bits per heavy atom. The Bertz CT molecular complexity index is 566. The highest BCUT2D eigenvalue weighted by Crippen LogP contribution is 2.42. The number of hydrogen-bond donors (Lipinski definition) is 2. The first-order valence-electron chi connectivity index (χ1n) is 9.36. The normalized spacial score (nSPS) is 10.9. The number of unbranched alkanes of at least 4 members (excludes halogenated alkanes) is 3. The van der Waals surface area contributed by atoms with E-state index in [1.54, 1.807) is 0 Å². The number of aromatic carboxylic acids is 1. The monoisotopic (exact) mass is 352 g/mol. The van der Waals surface area contributed by atoms with Crippen molar-refractivity contribution in [3.05, 3.63) is 22.3 Å². The molecule has 0 amide bonds. The molecule has 0 spiro atoms. The number of carboxylic acid groups (broad SMARTS) is 1. The van der Waals surface area contributed by atoms with Crippen LogP contribution in [0.4, 0.5) is 0 Å². The number of aromatic hydroxyl groups is 1. The first-order chi connectivity index (χ1) is 12.0. The molecule has 0 radical (unpaired) electrons. The minimum Gasteiger partial charge on any atom is -0.504 e. The van der Waals surface area contributed by atoms with Crippen molar-refractivity contribution in [3.63, 3.8) is 0 Å². The zero-order chi connectivity index (χ0) is 18.8. The van der Waals surface area contributed by atoms with Gasteiger partial charge in [-0.15, -0.1) is 0 Å². The molecule has 1 aromatic carbocycles. The summed E-state index contributed by atoms with van der Waals surface area (Å²) in [5.74, 6) is -1.27. The molecule has 0 aliphatic carbocycles. The lowest BCUT2D eigenvalue weighted by molar-refractivity contribution is -0.179. The van der Waals surface area contributed by atoms with E-state index in [4.69, 9.17) is 9.78 Å². The van der Waals surface area contributed by atoms with Gasteiger partial charge in [-0.1, -0.05) is 40.0 Å². The van der Waals surface area contributed by atoms with Crippen LogP contribution in [0.25, 0.3) is 0 Å². The molecule has 5 nitrogen and oxygen atoms in total. The van der Waals surface area contributed by atoms with E-state index >= 15 is 0 Å². The summed E-state index contributed by atoms with van der Waals surface area (Å²) in [6.45, 7) is 6.29. The van der Waals surface area contributed by atoms with E-state index in [1.807, 2.05) is 0 Å². The molecule has 0 unspecified atom stereocenters. The van der Waals surface area contributed by atoms with Gasteiger partial charge in [-0.25, -0.2) is 4.79 Å². The van der Waals surface area contributed by atoms with Crippen LogP contribution in [0.15, 0.2) is 0 Å². The van der Waals surface area contributed by atoms with Gasteiger partial charge in [0.05, 0.1) is 7.11 Å². The first-order valence-corrected chi connectivity index (χ1v) is 9.36. The molecule has 0 aliphatic heterocycles. The standard InChI is InChI=1S/C20H32O5/c1-5-8-11-14-15(12-9-6-2)17(20(22)23)18(21)19(25-24-4)16(14)13-10-7-3/h21H,5-13H2,1-4H3,(H,22,23). The minimum atomic E-state index is -1.12. The van der Waals surface area contributed by atoms with Crippen molar-refractivity contribution in [2.45, 2.75) is 78.6 Å². The molecule has 5 heteroatoms. The lowest BCUT2D eigenvalue weighted by Crippen LogP contribution is -2.13. The third-order valence-corrected chi connectivity index (χ3v) is 4.48. The summed E-state index contributed by atoms with van der Waals surface area (Å²) in [6, 6.07) is 0. The van der Waals surface area contributed by atoms with Crippen molar-refractivity contribution in [1.29, 1.82) is 0 Å². The van der Waals surface area contributed by atoms with Gasteiger partial charge in [0.2, 0.25) is 5.75 Å². The minimum absolute atomic E-state index is 0.0353. The molecule has 142 valence electrons. The van der Waals surface area contributed by atoms with E-state index in [0.717, 1.165) is 68.1 Å². The topological polar surface area (TPSA) is 76.0 Å². The van der Waals surface area contributed by atoms with E-state index in [2.05, 4.69) is 20.8 Å². The zero-order valence-corrected chi connectivity index (χ0v) is 16.0. The Balaban J connectivity index is 3.66. The van der Waals surface area contributed by atoms with Crippen molar-refractivity contribution in [2.75, 3.05) is 7.11 Å². The number of carbonyl (C=O) groups is 1. The largest absolute Gasteiger partial charge is 0.504 e. The quantitative estimate of drug-likeness (QED) is 0.406. The highest BCUT2D eigenvalue weighted by molar-refractivity contribution is 5.94. The molecular weight excluding hydrogens is 320 g/mol. The molecule has 1 rings (SSSR count). The second-order valence-corrected chi connectivity index (χ2v) is 6.35. The lowest BCUT2D eigenvalue weighted by Gasteiger charge is -2.22. The Kier molecular flexibility index (Phi) is 9.35. The Hall–Kier alpha value is -1.75. The van der Waals surface area contributed by atoms with Crippen LogP contribution in [0.1, 0.15) is 86.3 Å². The van der Waals surface area contributed by atoms with Crippen molar-refractivity contribution in [3.8, 4) is 11.5 Å². The maximum absolute atomic E-state index is 11.9. The maximum Gasteiger partial charge on any atom is 0.339 e. The third kappa shape index (κ3) is 5.36. The molecule has 25 heavy (non-hydrogen) atoms. The van der Waals surface area contributed by atoms with Gasteiger partial charge < -0.3 is 15.1 Å². The molecule has 2 N–H and O–H groups in total. The molecule has 1 aromatic rings. The molecule has 0 fully saturated rings. The second kappa shape index (κ2) is 11.0. The smallest absolute Gasteiger partial charge is 0.339 e. The Labute approximate surface area is 150 Å². The second-order valence-electron chi connectivity index (χ2n) is 6.35. The van der Waals surface area contributed by atoms with Crippen LogP contribution < -0.4 is 4.89 Å². The van der Waals surface area contributed by atoms with E-state index in [-0.39, 0.29) is 17.1 Å². The highest BCUT2D eigenvalue weighted by atomic mass is 17.2. The van der Waals surface area contributed by atoms with Crippen LogP contribution >= 0.6 is 0 Å². The van der Waals surface area contributed by atoms with Crippen molar-refractivity contribution in [2.24, 2.45) is 0 Å². The molecule has 0 saturated heterocycles. The maximum atomic E-state index is 11.9. The van der Waals surface area contributed by atoms with Crippen LogP contribution in [0.3, 0.4) is 0 Å². The summed E-state index contributed by atoms with van der Waals surface area (Å²) in [4.78, 5) is 21.9.